The molecule has 0 unspecified atom stereocenters. The molecule has 0 saturated heterocycles. The highest BCUT2D eigenvalue weighted by Gasteiger charge is 2.33. The molecule has 2 nitrogen and oxygen atoms in total. The van der Waals surface area contributed by atoms with Gasteiger partial charge in [0.1, 0.15) is 5.82 Å². The lowest BCUT2D eigenvalue weighted by Gasteiger charge is -2.26. The minimum Gasteiger partial charge on any atom is -0.391 e. The molecule has 0 aliphatic carbocycles. The van der Waals surface area contributed by atoms with Crippen LogP contribution in [0, 0.1) is 5.82 Å². The van der Waals surface area contributed by atoms with Crippen LogP contribution in [0.25, 0.3) is 11.1 Å². The summed E-state index contributed by atoms with van der Waals surface area (Å²) >= 11 is 0. The van der Waals surface area contributed by atoms with Gasteiger partial charge in [-0.25, -0.2) is 4.39 Å². The highest BCUT2D eigenvalue weighted by molar-refractivity contribution is 6.79. The van der Waals surface area contributed by atoms with Gasteiger partial charge in [-0.2, -0.15) is 0 Å². The lowest BCUT2D eigenvalue weighted by molar-refractivity contribution is 0.202. The summed E-state index contributed by atoms with van der Waals surface area (Å²) in [6.07, 6.45) is 0. The van der Waals surface area contributed by atoms with Crippen LogP contribution in [0.5, 0.6) is 0 Å². The first-order chi connectivity index (χ1) is 10.1. The van der Waals surface area contributed by atoms with Gasteiger partial charge in [0.2, 0.25) is 0 Å². The number of benzene rings is 2. The normalized spacial score (nSPS) is 11.6. The van der Waals surface area contributed by atoms with Gasteiger partial charge in [0.15, 0.2) is 0 Å². The Morgan fingerprint density at radius 1 is 0.905 bits per heavy atom. The van der Waals surface area contributed by atoms with Gasteiger partial charge in [-0.3, -0.25) is 0 Å². The standard InChI is InChI=1S/C17H21FO2Si/c1-4-19-21(3,20-5-2)17-11-9-14(10-12-17)15-7-6-8-16(18)13-15/h6-13H,4-5H2,1-3H3. The maximum Gasteiger partial charge on any atom is 0.369 e. The average Bonchev–Trinajstić information content (AvgIpc) is 2.48. The summed E-state index contributed by atoms with van der Waals surface area (Å²) in [5.74, 6) is -0.223. The van der Waals surface area contributed by atoms with Crippen LogP contribution in [0.2, 0.25) is 6.55 Å². The van der Waals surface area contributed by atoms with Crippen molar-refractivity contribution in [1.29, 1.82) is 0 Å². The molecule has 2 aromatic rings. The molecule has 0 N–H and O–H groups in total. The van der Waals surface area contributed by atoms with Crippen molar-refractivity contribution in [3.63, 3.8) is 0 Å². The van der Waals surface area contributed by atoms with Crippen molar-refractivity contribution in [2.45, 2.75) is 20.4 Å². The van der Waals surface area contributed by atoms with Crippen LogP contribution in [0.1, 0.15) is 13.8 Å². The Balaban J connectivity index is 2.29. The van der Waals surface area contributed by atoms with Crippen molar-refractivity contribution in [2.75, 3.05) is 13.2 Å². The lowest BCUT2D eigenvalue weighted by atomic mass is 10.1. The van der Waals surface area contributed by atoms with Gasteiger partial charge in [0.25, 0.3) is 0 Å². The Hall–Kier alpha value is -1.49. The Kier molecular flexibility index (Phi) is 5.28. The summed E-state index contributed by atoms with van der Waals surface area (Å²) in [6.45, 7) is 7.27. The van der Waals surface area contributed by atoms with Gasteiger partial charge in [-0.05, 0) is 48.8 Å². The van der Waals surface area contributed by atoms with Crippen LogP contribution in [-0.4, -0.2) is 21.8 Å². The predicted molar refractivity (Wildman–Crippen MR) is 86.3 cm³/mol. The van der Waals surface area contributed by atoms with Crippen molar-refractivity contribution >= 4 is 13.7 Å². The van der Waals surface area contributed by atoms with E-state index in [0.717, 1.165) is 16.3 Å². The molecule has 0 fully saturated rings. The van der Waals surface area contributed by atoms with Gasteiger partial charge in [-0.1, -0.05) is 36.4 Å². The molecule has 0 amide bonds. The summed E-state index contributed by atoms with van der Waals surface area (Å²) in [5.41, 5.74) is 1.86. The molecule has 112 valence electrons. The molecule has 0 bridgehead atoms. The van der Waals surface area contributed by atoms with Gasteiger partial charge in [0.05, 0.1) is 0 Å². The largest absolute Gasteiger partial charge is 0.391 e. The Labute approximate surface area is 126 Å². The molecule has 2 rings (SSSR count). The third-order valence-corrected chi connectivity index (χ3v) is 6.47. The van der Waals surface area contributed by atoms with Crippen LogP contribution in [-0.2, 0) is 8.85 Å². The van der Waals surface area contributed by atoms with Gasteiger partial charge >= 0.3 is 8.56 Å². The molecular weight excluding hydrogens is 283 g/mol. The van der Waals surface area contributed by atoms with Gasteiger partial charge < -0.3 is 8.85 Å². The van der Waals surface area contributed by atoms with E-state index in [9.17, 15) is 4.39 Å². The minimum atomic E-state index is -2.33. The molecule has 0 aliphatic rings. The second-order valence-electron chi connectivity index (χ2n) is 4.90. The quantitative estimate of drug-likeness (QED) is 0.755. The van der Waals surface area contributed by atoms with Crippen LogP contribution >= 0.6 is 0 Å². The van der Waals surface area contributed by atoms with Crippen LogP contribution in [0.15, 0.2) is 48.5 Å². The molecular formula is C17H21FO2Si. The fraction of sp³-hybridized carbons (Fsp3) is 0.294. The summed E-state index contributed by atoms with van der Waals surface area (Å²) in [6, 6.07) is 14.6. The topological polar surface area (TPSA) is 18.5 Å². The van der Waals surface area contributed by atoms with Crippen LogP contribution < -0.4 is 5.19 Å². The van der Waals surface area contributed by atoms with Crippen molar-refractivity contribution in [1.82, 2.24) is 0 Å². The van der Waals surface area contributed by atoms with Crippen molar-refractivity contribution in [3.05, 3.63) is 54.3 Å². The first-order valence-corrected chi connectivity index (χ1v) is 9.55. The van der Waals surface area contributed by atoms with Crippen LogP contribution in [0.3, 0.4) is 0 Å². The fourth-order valence-electron chi connectivity index (χ4n) is 2.39. The summed E-state index contributed by atoms with van der Waals surface area (Å²) in [5, 5.41) is 1.09. The highest BCUT2D eigenvalue weighted by Crippen LogP contribution is 2.20. The summed E-state index contributed by atoms with van der Waals surface area (Å²) in [4.78, 5) is 0. The number of hydrogen-bond donors (Lipinski definition) is 0. The zero-order chi connectivity index (χ0) is 15.3. The summed E-state index contributed by atoms with van der Waals surface area (Å²) in [7, 11) is -2.33. The van der Waals surface area contributed by atoms with Crippen molar-refractivity contribution in [2.24, 2.45) is 0 Å². The van der Waals surface area contributed by atoms with Gasteiger partial charge in [0, 0.05) is 13.2 Å². The van der Waals surface area contributed by atoms with Gasteiger partial charge in [-0.15, -0.1) is 0 Å². The van der Waals surface area contributed by atoms with E-state index in [4.69, 9.17) is 8.85 Å². The Morgan fingerprint density at radius 2 is 1.52 bits per heavy atom. The van der Waals surface area contributed by atoms with E-state index in [1.165, 1.54) is 12.1 Å². The first-order valence-electron chi connectivity index (χ1n) is 7.23. The van der Waals surface area contributed by atoms with E-state index in [2.05, 4.69) is 6.55 Å². The summed E-state index contributed by atoms with van der Waals surface area (Å²) < 4.78 is 25.0. The molecule has 0 heterocycles. The average molecular weight is 304 g/mol. The molecule has 0 saturated carbocycles. The SMILES string of the molecule is CCO[Si](C)(OCC)c1ccc(-c2cccc(F)c2)cc1. The Bertz CT molecular complexity index is 578. The molecule has 2 aromatic carbocycles. The molecule has 4 heteroatoms. The third-order valence-electron chi connectivity index (χ3n) is 3.41. The number of hydrogen-bond acceptors (Lipinski definition) is 2. The van der Waals surface area contributed by atoms with E-state index in [-0.39, 0.29) is 5.82 Å². The maximum atomic E-state index is 13.3. The first kappa shape index (κ1) is 15.9. The lowest BCUT2D eigenvalue weighted by Crippen LogP contribution is -2.51. The molecule has 0 aromatic heterocycles. The van der Waals surface area contributed by atoms with Crippen molar-refractivity contribution < 1.29 is 13.2 Å². The molecule has 0 atom stereocenters. The van der Waals surface area contributed by atoms with Crippen LogP contribution in [0.4, 0.5) is 4.39 Å². The molecule has 21 heavy (non-hydrogen) atoms. The monoisotopic (exact) mass is 304 g/mol. The smallest absolute Gasteiger partial charge is 0.369 e. The molecule has 0 spiro atoms. The zero-order valence-corrected chi connectivity index (χ0v) is 13.7. The number of rotatable bonds is 6. The molecule has 0 radical (unpaired) electrons. The predicted octanol–water partition coefficient (Wildman–Crippen LogP) is 3.84. The highest BCUT2D eigenvalue weighted by atomic mass is 28.4. The van der Waals surface area contributed by atoms with E-state index in [1.54, 1.807) is 6.07 Å². The minimum absolute atomic E-state index is 0.223. The fourth-order valence-corrected chi connectivity index (χ4v) is 4.68. The maximum absolute atomic E-state index is 13.3. The van der Waals surface area contributed by atoms with E-state index < -0.39 is 8.56 Å². The third kappa shape index (κ3) is 3.78. The zero-order valence-electron chi connectivity index (χ0n) is 12.7. The Morgan fingerprint density at radius 3 is 2.05 bits per heavy atom. The van der Waals surface area contributed by atoms with E-state index >= 15 is 0 Å². The number of halogens is 1. The van der Waals surface area contributed by atoms with E-state index in [0.29, 0.717) is 13.2 Å². The van der Waals surface area contributed by atoms with Crippen molar-refractivity contribution in [3.8, 4) is 11.1 Å². The second-order valence-corrected chi connectivity index (χ2v) is 7.95. The molecule has 0 aliphatic heterocycles. The van der Waals surface area contributed by atoms with E-state index in [1.807, 2.05) is 44.2 Å². The second kappa shape index (κ2) is 6.98.